The maximum absolute atomic E-state index is 13.5. The SMILES string of the molecule is CC1=CO[C@H](O[C@@H]2C(O)C(O[C@H]3OC(CNC(=O)OC(C)(C)C)CCC3NC(=O)OC(C)(C)C)[C@H](NC(=O)OC(C)(C)C)C(O)[C@H]2NC(=O)OC(C)(C)C)C(O)[C@H]1N(C)C(=O)OC(C)(C)C. The van der Waals surface area contributed by atoms with Crippen LogP contribution in [0.15, 0.2) is 11.8 Å². The molecule has 5 amide bonds. The third-order valence-corrected chi connectivity index (χ3v) is 9.65. The highest BCUT2D eigenvalue weighted by molar-refractivity contribution is 5.70. The summed E-state index contributed by atoms with van der Waals surface area (Å²) in [5.74, 6) is 0. The maximum Gasteiger partial charge on any atom is 0.410 e. The lowest BCUT2D eigenvalue weighted by Gasteiger charge is -2.50. The van der Waals surface area contributed by atoms with Gasteiger partial charge in [-0.2, -0.15) is 0 Å². The minimum Gasteiger partial charge on any atom is -0.470 e. The summed E-state index contributed by atoms with van der Waals surface area (Å²) in [7, 11) is 1.41. The fourth-order valence-electron chi connectivity index (χ4n) is 7.17. The van der Waals surface area contributed by atoms with Gasteiger partial charge in [-0.25, -0.2) is 24.0 Å². The van der Waals surface area contributed by atoms with Gasteiger partial charge in [-0.05, 0) is 129 Å². The molecule has 3 rings (SSSR count). The third-order valence-electron chi connectivity index (χ3n) is 9.65. The molecule has 2 heterocycles. The van der Waals surface area contributed by atoms with Crippen LogP contribution in [0, 0.1) is 0 Å². The zero-order valence-electron chi connectivity index (χ0n) is 41.6. The Morgan fingerprint density at radius 2 is 1.03 bits per heavy atom. The molecule has 0 aromatic carbocycles. The number of aliphatic hydroxyl groups excluding tert-OH is 3. The highest BCUT2D eigenvalue weighted by Crippen LogP contribution is 2.34. The average molecular weight is 948 g/mol. The van der Waals surface area contributed by atoms with Crippen molar-refractivity contribution in [2.24, 2.45) is 0 Å². The van der Waals surface area contributed by atoms with Crippen LogP contribution in [-0.4, -0.2) is 166 Å². The first kappa shape index (κ1) is 56.0. The van der Waals surface area contributed by atoms with E-state index in [4.69, 9.17) is 42.6 Å². The van der Waals surface area contributed by atoms with Gasteiger partial charge in [0.2, 0.25) is 6.29 Å². The Hall–Kier alpha value is -4.35. The molecule has 2 aliphatic heterocycles. The van der Waals surface area contributed by atoms with E-state index in [1.165, 1.54) is 13.3 Å². The van der Waals surface area contributed by atoms with Crippen LogP contribution in [0.3, 0.4) is 0 Å². The Morgan fingerprint density at radius 1 is 0.606 bits per heavy atom. The Morgan fingerprint density at radius 3 is 1.48 bits per heavy atom. The van der Waals surface area contributed by atoms with Crippen molar-refractivity contribution in [3.8, 4) is 0 Å². The van der Waals surface area contributed by atoms with Crippen LogP contribution in [0.5, 0.6) is 0 Å². The standard InChI is InChI=1S/C44H77N5O17/c1-22-21-58-34(29(51)27(22)49(17)39(57)66-44(14,15)16)61-32-26(48-38(56)65-43(11,12)13)28(50)25(47-37(55)64-42(8,9)10)31(30(32)52)60-33-24(46-36(54)63-41(5,6)7)19-18-23(59-33)20-45-35(53)62-40(2,3)4/h21,23-34,50-52H,18-20H2,1-17H3,(H,45,53)(H,46,54)(H,47,55)(H,48,56)/t23?,24?,25-,26-,27+,28?,29?,30?,31?,32+,33-,34-/m1/s1. The van der Waals surface area contributed by atoms with Crippen molar-refractivity contribution >= 4 is 30.5 Å². The van der Waals surface area contributed by atoms with E-state index in [9.17, 15) is 39.3 Å². The fraction of sp³-hybridized carbons (Fsp3) is 0.841. The highest BCUT2D eigenvalue weighted by atomic mass is 16.7. The first-order valence-corrected chi connectivity index (χ1v) is 22.2. The van der Waals surface area contributed by atoms with Crippen LogP contribution in [-0.2, 0) is 42.6 Å². The van der Waals surface area contributed by atoms with Crippen molar-refractivity contribution in [3.63, 3.8) is 0 Å². The molecule has 0 spiro atoms. The topological polar surface area (TPSA) is 280 Å². The van der Waals surface area contributed by atoms with E-state index < -0.39 is 132 Å². The number of carbonyl (C=O) groups is 5. The van der Waals surface area contributed by atoms with Crippen molar-refractivity contribution in [3.05, 3.63) is 11.8 Å². The number of nitrogens with zero attached hydrogens (tertiary/aromatic N) is 1. The van der Waals surface area contributed by atoms with Crippen LogP contribution >= 0.6 is 0 Å². The van der Waals surface area contributed by atoms with Crippen molar-refractivity contribution in [2.45, 2.75) is 225 Å². The van der Waals surface area contributed by atoms with Gasteiger partial charge in [-0.15, -0.1) is 0 Å². The molecule has 0 radical (unpaired) electrons. The van der Waals surface area contributed by atoms with E-state index in [0.29, 0.717) is 5.57 Å². The molecule has 0 aromatic heterocycles. The van der Waals surface area contributed by atoms with Gasteiger partial charge in [0.1, 0.15) is 52.4 Å². The van der Waals surface area contributed by atoms with Gasteiger partial charge in [-0.3, -0.25) is 0 Å². The number of carbonyl (C=O) groups excluding carboxylic acids is 5. The predicted molar refractivity (Wildman–Crippen MR) is 236 cm³/mol. The zero-order valence-corrected chi connectivity index (χ0v) is 41.6. The van der Waals surface area contributed by atoms with Gasteiger partial charge >= 0.3 is 30.5 Å². The second-order valence-corrected chi connectivity index (χ2v) is 21.8. The summed E-state index contributed by atoms with van der Waals surface area (Å²) in [6.07, 6.45) is -15.6. The summed E-state index contributed by atoms with van der Waals surface area (Å²) in [6, 6.07) is -5.35. The van der Waals surface area contributed by atoms with E-state index in [-0.39, 0.29) is 19.4 Å². The first-order valence-electron chi connectivity index (χ1n) is 22.2. The molecule has 2 fully saturated rings. The van der Waals surface area contributed by atoms with Crippen molar-refractivity contribution in [2.75, 3.05) is 13.6 Å². The lowest BCUT2D eigenvalue weighted by molar-refractivity contribution is -0.291. The largest absolute Gasteiger partial charge is 0.470 e. The van der Waals surface area contributed by atoms with Gasteiger partial charge in [0.25, 0.3) is 0 Å². The lowest BCUT2D eigenvalue weighted by Crippen LogP contribution is -2.74. The van der Waals surface area contributed by atoms with E-state index >= 15 is 0 Å². The minimum absolute atomic E-state index is 0.0697. The van der Waals surface area contributed by atoms with Gasteiger partial charge in [0.15, 0.2) is 6.29 Å². The third kappa shape index (κ3) is 17.7. The molecule has 0 aromatic rings. The molecule has 3 aliphatic rings. The van der Waals surface area contributed by atoms with Crippen molar-refractivity contribution in [1.82, 2.24) is 26.2 Å². The van der Waals surface area contributed by atoms with Crippen LogP contribution in [0.25, 0.3) is 0 Å². The molecule has 22 nitrogen and oxygen atoms in total. The maximum atomic E-state index is 13.5. The first-order chi connectivity index (χ1) is 29.9. The monoisotopic (exact) mass is 948 g/mol. The summed E-state index contributed by atoms with van der Waals surface area (Å²) in [5, 5.41) is 47.1. The fourth-order valence-corrected chi connectivity index (χ4v) is 7.17. The summed E-state index contributed by atoms with van der Waals surface area (Å²) in [4.78, 5) is 67.1. The summed E-state index contributed by atoms with van der Waals surface area (Å²) >= 11 is 0. The van der Waals surface area contributed by atoms with E-state index in [1.807, 2.05) is 0 Å². The van der Waals surface area contributed by atoms with Crippen LogP contribution in [0.1, 0.15) is 124 Å². The zero-order chi connectivity index (χ0) is 50.5. The van der Waals surface area contributed by atoms with Gasteiger partial charge in [0.05, 0.1) is 42.6 Å². The van der Waals surface area contributed by atoms with Crippen LogP contribution in [0.4, 0.5) is 24.0 Å². The normalized spacial score (nSPS) is 29.7. The van der Waals surface area contributed by atoms with Crippen LogP contribution in [0.2, 0.25) is 0 Å². The highest BCUT2D eigenvalue weighted by Gasteiger charge is 2.56. The minimum atomic E-state index is -1.95. The summed E-state index contributed by atoms with van der Waals surface area (Å²) in [6.45, 7) is 26.4. The molecular formula is C44H77N5O17. The summed E-state index contributed by atoms with van der Waals surface area (Å²) in [5.41, 5.74) is -4.24. The second-order valence-electron chi connectivity index (χ2n) is 21.8. The number of nitrogens with one attached hydrogen (secondary N) is 4. The number of likely N-dealkylation sites (N-methyl/N-ethyl adjacent to an activating group) is 1. The smallest absolute Gasteiger partial charge is 0.410 e. The van der Waals surface area contributed by atoms with Crippen molar-refractivity contribution < 1.29 is 81.9 Å². The number of amides is 5. The molecule has 7 N–H and O–H groups in total. The molecule has 1 aliphatic carbocycles. The average Bonchev–Trinajstić information content (AvgIpc) is 3.10. The van der Waals surface area contributed by atoms with Crippen molar-refractivity contribution in [1.29, 1.82) is 0 Å². The van der Waals surface area contributed by atoms with Gasteiger partial charge in [0, 0.05) is 13.6 Å². The Labute approximate surface area is 388 Å². The van der Waals surface area contributed by atoms with E-state index in [1.54, 1.807) is 111 Å². The number of hydrogen-bond donors (Lipinski definition) is 7. The molecule has 22 heteroatoms. The second kappa shape index (κ2) is 21.7. The predicted octanol–water partition coefficient (Wildman–Crippen LogP) is 4.06. The lowest BCUT2D eigenvalue weighted by atomic mass is 9.80. The Bertz CT molecular complexity index is 1710. The Kier molecular flexibility index (Phi) is 18.4. The number of hydrogen-bond acceptors (Lipinski definition) is 17. The molecule has 12 atom stereocenters. The molecule has 66 heavy (non-hydrogen) atoms. The van der Waals surface area contributed by atoms with Gasteiger partial charge < -0.3 is 84.1 Å². The number of rotatable bonds is 10. The van der Waals surface area contributed by atoms with Crippen LogP contribution < -0.4 is 21.3 Å². The van der Waals surface area contributed by atoms with Gasteiger partial charge in [-0.1, -0.05) is 0 Å². The molecule has 1 saturated carbocycles. The Balaban J connectivity index is 2.14. The molecule has 6 unspecified atom stereocenters. The van der Waals surface area contributed by atoms with E-state index in [0.717, 1.165) is 4.90 Å². The van der Waals surface area contributed by atoms with E-state index in [2.05, 4.69) is 21.3 Å². The summed E-state index contributed by atoms with van der Waals surface area (Å²) < 4.78 is 52.4. The molecule has 0 bridgehead atoms. The number of ether oxygens (including phenoxy) is 9. The molecule has 1 saturated heterocycles. The molecule has 380 valence electrons. The number of aliphatic hydroxyl groups is 3. The number of alkyl carbamates (subject to hydrolysis) is 4. The quantitative estimate of drug-likeness (QED) is 0.152. The molecular weight excluding hydrogens is 871 g/mol.